The van der Waals surface area contributed by atoms with Crippen molar-refractivity contribution in [2.75, 3.05) is 18.1 Å². The first-order chi connectivity index (χ1) is 22.5. The molecule has 0 atom stereocenters. The molecular weight excluding hydrogens is 604 g/mol. The molecule has 1 aliphatic rings. The Hall–Kier alpha value is -6.07. The number of ether oxygens (including phenoxy) is 2. The summed E-state index contributed by atoms with van der Waals surface area (Å²) in [5, 5.41) is 20.2. The van der Waals surface area contributed by atoms with Crippen LogP contribution in [0.15, 0.2) is 109 Å². The fraction of sp³-hybridized carbons (Fsp3) is 0.0571. The summed E-state index contributed by atoms with van der Waals surface area (Å²) in [6, 6.07) is 29.2. The molecule has 0 fully saturated rings. The number of thiophene rings is 1. The molecule has 11 heteroatoms. The lowest BCUT2D eigenvalue weighted by molar-refractivity contribution is 0.0686. The van der Waals surface area contributed by atoms with E-state index in [-0.39, 0.29) is 28.2 Å². The van der Waals surface area contributed by atoms with E-state index in [9.17, 15) is 19.8 Å². The van der Waals surface area contributed by atoms with Gasteiger partial charge in [0.05, 0.1) is 38.8 Å². The fourth-order valence-corrected chi connectivity index (χ4v) is 6.37. The zero-order valence-corrected chi connectivity index (χ0v) is 24.8. The minimum absolute atomic E-state index is 0.00902. The minimum Gasteiger partial charge on any atom is -0.485 e. The van der Waals surface area contributed by atoms with E-state index in [1.54, 1.807) is 6.20 Å². The highest BCUT2D eigenvalue weighted by Crippen LogP contribution is 2.57. The molecule has 2 aromatic carbocycles. The van der Waals surface area contributed by atoms with E-state index < -0.39 is 11.9 Å². The Labute approximate surface area is 266 Å². The van der Waals surface area contributed by atoms with Gasteiger partial charge in [-0.05, 0) is 66.2 Å². The number of carboxylic acid groups (broad SMARTS) is 2. The van der Waals surface area contributed by atoms with Crippen molar-refractivity contribution in [2.45, 2.75) is 0 Å². The van der Waals surface area contributed by atoms with Crippen LogP contribution in [0.4, 0.5) is 16.4 Å². The third kappa shape index (κ3) is 5.51. The van der Waals surface area contributed by atoms with Gasteiger partial charge in [-0.15, -0.1) is 11.3 Å². The average molecular weight is 629 g/mol. The van der Waals surface area contributed by atoms with Gasteiger partial charge in [-0.1, -0.05) is 36.4 Å². The lowest BCUT2D eigenvalue weighted by Gasteiger charge is -2.26. The number of benzene rings is 2. The summed E-state index contributed by atoms with van der Waals surface area (Å²) < 4.78 is 12.4. The number of aromatic nitrogens is 3. The molecule has 226 valence electrons. The number of carboxylic acids is 2. The summed E-state index contributed by atoms with van der Waals surface area (Å²) in [6.07, 6.45) is 2.98. The number of anilines is 3. The first kappa shape index (κ1) is 28.7. The van der Waals surface area contributed by atoms with Gasteiger partial charge in [0, 0.05) is 23.8 Å². The Kier molecular flexibility index (Phi) is 7.57. The van der Waals surface area contributed by atoms with Crippen LogP contribution in [0.1, 0.15) is 20.7 Å². The number of nitrogens with zero attached hydrogens (tertiary/aromatic N) is 4. The molecule has 4 aromatic heterocycles. The lowest BCUT2D eigenvalue weighted by atomic mass is 10.1. The maximum atomic E-state index is 12.1. The van der Waals surface area contributed by atoms with Gasteiger partial charge in [-0.3, -0.25) is 14.9 Å². The average Bonchev–Trinajstić information content (AvgIpc) is 3.48. The van der Waals surface area contributed by atoms with Gasteiger partial charge in [0.1, 0.15) is 18.2 Å². The van der Waals surface area contributed by atoms with Gasteiger partial charge in [-0.2, -0.15) is 0 Å². The van der Waals surface area contributed by atoms with Crippen molar-refractivity contribution in [3.8, 4) is 44.7 Å². The third-order valence-corrected chi connectivity index (χ3v) is 8.43. The minimum atomic E-state index is -1.17. The van der Waals surface area contributed by atoms with E-state index in [1.807, 2.05) is 72.8 Å². The maximum absolute atomic E-state index is 12.1. The molecule has 7 rings (SSSR count). The van der Waals surface area contributed by atoms with Gasteiger partial charge in [0.15, 0.2) is 11.5 Å². The molecular formula is C35H24N4O6S. The Balaban J connectivity index is 1.35. The first-order valence-corrected chi connectivity index (χ1v) is 15.0. The van der Waals surface area contributed by atoms with E-state index in [0.29, 0.717) is 30.4 Å². The highest BCUT2D eigenvalue weighted by molar-refractivity contribution is 7.20. The summed E-state index contributed by atoms with van der Waals surface area (Å²) >= 11 is 1.51. The molecule has 0 aliphatic carbocycles. The molecule has 0 amide bonds. The Morgan fingerprint density at radius 1 is 0.652 bits per heavy atom. The van der Waals surface area contributed by atoms with Gasteiger partial charge < -0.3 is 19.7 Å². The van der Waals surface area contributed by atoms with Crippen LogP contribution in [0.2, 0.25) is 0 Å². The molecule has 0 saturated carbocycles. The van der Waals surface area contributed by atoms with Gasteiger partial charge in [0.2, 0.25) is 0 Å². The monoisotopic (exact) mass is 628 g/mol. The third-order valence-electron chi connectivity index (χ3n) is 7.24. The van der Waals surface area contributed by atoms with Crippen LogP contribution in [-0.2, 0) is 0 Å². The first-order valence-electron chi connectivity index (χ1n) is 14.2. The van der Waals surface area contributed by atoms with Gasteiger partial charge in [-0.25, -0.2) is 14.6 Å². The zero-order chi connectivity index (χ0) is 31.6. The number of pyridine rings is 3. The van der Waals surface area contributed by atoms with Crippen LogP contribution in [0.25, 0.3) is 33.2 Å². The number of carbonyl (C=O) groups is 2. The van der Waals surface area contributed by atoms with Crippen molar-refractivity contribution in [3.05, 3.63) is 121 Å². The number of hydrogen-bond donors (Lipinski definition) is 2. The number of hydrogen-bond acceptors (Lipinski definition) is 9. The number of fused-ring (bicyclic) bond motifs is 1. The molecule has 10 nitrogen and oxygen atoms in total. The molecule has 5 heterocycles. The van der Waals surface area contributed by atoms with Crippen LogP contribution in [0, 0.1) is 0 Å². The highest BCUT2D eigenvalue weighted by Gasteiger charge is 2.30. The largest absolute Gasteiger partial charge is 0.485 e. The van der Waals surface area contributed by atoms with E-state index in [0.717, 1.165) is 26.8 Å². The fourth-order valence-electron chi connectivity index (χ4n) is 5.14. The van der Waals surface area contributed by atoms with Crippen molar-refractivity contribution >= 4 is 39.7 Å². The quantitative estimate of drug-likeness (QED) is 0.174. The van der Waals surface area contributed by atoms with E-state index in [1.165, 1.54) is 41.8 Å². The Bertz CT molecular complexity index is 2050. The molecule has 0 spiro atoms. The number of rotatable bonds is 8. The molecule has 0 bridgehead atoms. The van der Waals surface area contributed by atoms with Crippen molar-refractivity contribution in [1.82, 2.24) is 15.0 Å². The van der Waals surface area contributed by atoms with Gasteiger partial charge >= 0.3 is 11.9 Å². The molecule has 0 saturated heterocycles. The van der Waals surface area contributed by atoms with Crippen molar-refractivity contribution in [1.29, 1.82) is 0 Å². The molecule has 1 aliphatic heterocycles. The smallest absolute Gasteiger partial charge is 0.335 e. The molecule has 6 aromatic rings. The molecule has 2 N–H and O–H groups in total. The standard InChI is InChI=1S/C35H24N4O6S/c40-34(41)22-12-14-37-27(18-22)29-20-23(35(42)43)19-28(38-29)26-17-21(11-13-36-26)32-30-31(45-16-15-44-30)33(46-32)39(24-7-3-1-4-8-24)25-9-5-2-6-10-25/h1-14,17-20H,15-16H2,(H,40,41)(H,42,43). The van der Waals surface area contributed by atoms with Crippen LogP contribution in [-0.4, -0.2) is 50.3 Å². The Morgan fingerprint density at radius 2 is 1.20 bits per heavy atom. The van der Waals surface area contributed by atoms with Gasteiger partial charge in [0.25, 0.3) is 0 Å². The number of aromatic carboxylic acids is 2. The maximum Gasteiger partial charge on any atom is 0.335 e. The van der Waals surface area contributed by atoms with Crippen LogP contribution in [0.5, 0.6) is 11.5 Å². The zero-order valence-electron chi connectivity index (χ0n) is 24.0. The summed E-state index contributed by atoms with van der Waals surface area (Å²) in [5.74, 6) is -1.05. The van der Waals surface area contributed by atoms with Crippen molar-refractivity contribution in [3.63, 3.8) is 0 Å². The predicted octanol–water partition coefficient (Wildman–Crippen LogP) is 7.57. The second kappa shape index (κ2) is 12.1. The summed E-state index contributed by atoms with van der Waals surface area (Å²) in [5.41, 5.74) is 3.80. The molecule has 0 unspecified atom stereocenters. The normalized spacial score (nSPS) is 12.0. The summed E-state index contributed by atoms with van der Waals surface area (Å²) in [6.45, 7) is 0.791. The second-order valence-corrected chi connectivity index (χ2v) is 11.2. The SMILES string of the molecule is O=C(O)c1ccnc(-c2cc(C(=O)O)cc(-c3cc(-c4sc(N(c5ccccc5)c5ccccc5)c5c4OCCO5)ccn3)n2)c1. The van der Waals surface area contributed by atoms with E-state index >= 15 is 0 Å². The topological polar surface area (TPSA) is 135 Å². The summed E-state index contributed by atoms with van der Waals surface area (Å²) in [7, 11) is 0. The Morgan fingerprint density at radius 3 is 1.80 bits per heavy atom. The van der Waals surface area contributed by atoms with Crippen LogP contribution >= 0.6 is 11.3 Å². The summed E-state index contributed by atoms with van der Waals surface area (Å²) in [4.78, 5) is 40.0. The van der Waals surface area contributed by atoms with Crippen LogP contribution < -0.4 is 14.4 Å². The molecule has 0 radical (unpaired) electrons. The highest BCUT2D eigenvalue weighted by atomic mass is 32.1. The van der Waals surface area contributed by atoms with Crippen LogP contribution in [0.3, 0.4) is 0 Å². The number of para-hydroxylation sites is 2. The van der Waals surface area contributed by atoms with Crippen molar-refractivity contribution in [2.24, 2.45) is 0 Å². The lowest BCUT2D eigenvalue weighted by Crippen LogP contribution is -2.17. The predicted molar refractivity (Wildman–Crippen MR) is 174 cm³/mol. The van der Waals surface area contributed by atoms with Crippen molar-refractivity contribution < 1.29 is 29.3 Å². The van der Waals surface area contributed by atoms with E-state index in [2.05, 4.69) is 19.9 Å². The van der Waals surface area contributed by atoms with E-state index in [4.69, 9.17) is 9.47 Å². The molecule has 46 heavy (non-hydrogen) atoms. The second-order valence-electron chi connectivity index (χ2n) is 10.2.